The van der Waals surface area contributed by atoms with Gasteiger partial charge in [0.15, 0.2) is 0 Å². The van der Waals surface area contributed by atoms with Crippen molar-refractivity contribution in [2.75, 3.05) is 4.93 Å². The molecular formula is C8H10IN2-. The van der Waals surface area contributed by atoms with Crippen LogP contribution in [0.15, 0.2) is 25.5 Å². The van der Waals surface area contributed by atoms with E-state index < -0.39 is 0 Å². The Hall–Kier alpha value is -0.410. The first-order valence-corrected chi connectivity index (χ1v) is 6.52. The van der Waals surface area contributed by atoms with E-state index in [1.807, 2.05) is 19.9 Å². The molecule has 0 aromatic carbocycles. The third-order valence-corrected chi connectivity index (χ3v) is 2.85. The van der Waals surface area contributed by atoms with Gasteiger partial charge >= 0.3 is 77.0 Å². The van der Waals surface area contributed by atoms with Crippen LogP contribution in [0.2, 0.25) is 0 Å². The zero-order valence-electron chi connectivity index (χ0n) is 6.85. The van der Waals surface area contributed by atoms with E-state index in [4.69, 9.17) is 0 Å². The van der Waals surface area contributed by atoms with E-state index in [9.17, 15) is 0 Å². The van der Waals surface area contributed by atoms with Gasteiger partial charge in [-0.1, -0.05) is 0 Å². The van der Waals surface area contributed by atoms with Crippen molar-refractivity contribution in [1.82, 2.24) is 0 Å². The second-order valence-corrected chi connectivity index (χ2v) is 4.40. The van der Waals surface area contributed by atoms with Crippen molar-refractivity contribution in [3.05, 3.63) is 15.5 Å². The molecule has 0 aromatic rings. The molecule has 0 bridgehead atoms. The maximum absolute atomic E-state index is 4.24. The Kier molecular flexibility index (Phi) is 3.02. The van der Waals surface area contributed by atoms with Gasteiger partial charge < -0.3 is 0 Å². The predicted molar refractivity (Wildman–Crippen MR) is 43.7 cm³/mol. The third kappa shape index (κ3) is 2.60. The number of hydrogen-bond donors (Lipinski definition) is 0. The first kappa shape index (κ1) is 8.68. The first-order valence-electron chi connectivity index (χ1n) is 3.29. The average molecular weight is 261 g/mol. The van der Waals surface area contributed by atoms with Crippen LogP contribution in [0.3, 0.4) is 0 Å². The van der Waals surface area contributed by atoms with Crippen LogP contribution < -0.4 is 21.2 Å². The van der Waals surface area contributed by atoms with Crippen LogP contribution in [0, 0.1) is 0 Å². The van der Waals surface area contributed by atoms with Gasteiger partial charge in [0.05, 0.1) is 0 Å². The summed E-state index contributed by atoms with van der Waals surface area (Å²) in [6.07, 6.45) is 2.04. The standard InChI is InChI=1S/C8H10IN2/c1-6-4-8(9-3)10-5-7(2)11-6/h4H,1-3H3/q-1. The second-order valence-electron chi connectivity index (χ2n) is 2.22. The van der Waals surface area contributed by atoms with Crippen LogP contribution in [0.25, 0.3) is 0 Å². The topological polar surface area (TPSA) is 24.7 Å². The van der Waals surface area contributed by atoms with Gasteiger partial charge in [-0.25, -0.2) is 0 Å². The van der Waals surface area contributed by atoms with Gasteiger partial charge in [0.2, 0.25) is 0 Å². The van der Waals surface area contributed by atoms with Crippen molar-refractivity contribution in [2.24, 2.45) is 9.98 Å². The van der Waals surface area contributed by atoms with E-state index in [2.05, 4.69) is 20.8 Å². The van der Waals surface area contributed by atoms with Gasteiger partial charge in [0.1, 0.15) is 0 Å². The summed E-state index contributed by atoms with van der Waals surface area (Å²) in [5.41, 5.74) is 1.90. The fourth-order valence-electron chi connectivity index (χ4n) is 0.758. The first-order chi connectivity index (χ1) is 5.22. The minimum atomic E-state index is 0.0598. The summed E-state index contributed by atoms with van der Waals surface area (Å²) in [7, 11) is 0. The van der Waals surface area contributed by atoms with Crippen molar-refractivity contribution in [3.8, 4) is 0 Å². The molecular weight excluding hydrogens is 251 g/mol. The Balaban J connectivity index is 3.03. The number of nitrogens with zero attached hydrogens (tertiary/aromatic N) is 2. The summed E-state index contributed by atoms with van der Waals surface area (Å²) < 4.78 is 1.15. The normalized spacial score (nSPS) is 17.2. The molecule has 0 amide bonds. The number of alkyl halides is 1. The predicted octanol–water partition coefficient (Wildman–Crippen LogP) is -1.41. The van der Waals surface area contributed by atoms with Gasteiger partial charge in [-0.15, -0.1) is 0 Å². The molecule has 11 heavy (non-hydrogen) atoms. The van der Waals surface area contributed by atoms with Gasteiger partial charge in [0.25, 0.3) is 0 Å². The molecule has 0 N–H and O–H groups in total. The molecule has 0 saturated carbocycles. The van der Waals surface area contributed by atoms with Crippen LogP contribution in [0.5, 0.6) is 0 Å². The summed E-state index contributed by atoms with van der Waals surface area (Å²) in [5.74, 6) is 2.89. The van der Waals surface area contributed by atoms with Crippen molar-refractivity contribution in [1.29, 1.82) is 0 Å². The Morgan fingerprint density at radius 3 is 2.82 bits per heavy atom. The van der Waals surface area contributed by atoms with E-state index in [1.54, 1.807) is 0 Å². The molecule has 1 heterocycles. The van der Waals surface area contributed by atoms with Crippen molar-refractivity contribution in [3.63, 3.8) is 0 Å². The number of allylic oxidation sites excluding steroid dienone is 2. The molecule has 0 fully saturated rings. The molecule has 1 aliphatic rings. The Morgan fingerprint density at radius 2 is 2.18 bits per heavy atom. The van der Waals surface area contributed by atoms with Crippen molar-refractivity contribution >= 4 is 11.6 Å². The van der Waals surface area contributed by atoms with Crippen LogP contribution in [-0.2, 0) is 0 Å². The van der Waals surface area contributed by atoms with E-state index in [0.29, 0.717) is 0 Å². The van der Waals surface area contributed by atoms with Crippen molar-refractivity contribution < 1.29 is 21.2 Å². The van der Waals surface area contributed by atoms with E-state index in [0.717, 1.165) is 15.1 Å². The monoisotopic (exact) mass is 261 g/mol. The molecule has 0 unspecified atom stereocenters. The van der Waals surface area contributed by atoms with Gasteiger partial charge in [-0.2, -0.15) is 0 Å². The number of hydrogen-bond acceptors (Lipinski definition) is 2. The zero-order valence-corrected chi connectivity index (χ0v) is 9.01. The Morgan fingerprint density at radius 1 is 1.45 bits per heavy atom. The quantitative estimate of drug-likeness (QED) is 0.315. The fraction of sp³-hybridized carbons (Fsp3) is 0.375. The minimum absolute atomic E-state index is 0.0598. The van der Waals surface area contributed by atoms with Gasteiger partial charge in [0, 0.05) is 0 Å². The molecule has 0 atom stereocenters. The summed E-state index contributed by atoms with van der Waals surface area (Å²) in [6.45, 7) is 3.91. The molecule has 0 saturated heterocycles. The molecule has 1 aliphatic heterocycles. The van der Waals surface area contributed by atoms with Gasteiger partial charge in [-0.05, 0) is 0 Å². The van der Waals surface area contributed by atoms with E-state index in [-0.39, 0.29) is 21.2 Å². The molecule has 0 aliphatic carbocycles. The van der Waals surface area contributed by atoms with Crippen LogP contribution in [-0.4, -0.2) is 16.5 Å². The number of halogens is 1. The van der Waals surface area contributed by atoms with Crippen LogP contribution >= 0.6 is 0 Å². The summed E-state index contributed by atoms with van der Waals surface area (Å²) in [4.78, 5) is 10.6. The van der Waals surface area contributed by atoms with Crippen molar-refractivity contribution in [2.45, 2.75) is 13.8 Å². The van der Waals surface area contributed by atoms with E-state index >= 15 is 0 Å². The molecule has 1 rings (SSSR count). The molecule has 60 valence electrons. The Labute approximate surface area is 77.1 Å². The van der Waals surface area contributed by atoms with Crippen LogP contribution in [0.4, 0.5) is 0 Å². The Bertz CT molecular complexity index is 280. The third-order valence-electron chi connectivity index (χ3n) is 1.19. The summed E-state index contributed by atoms with van der Waals surface area (Å²) in [6, 6.07) is 0. The summed E-state index contributed by atoms with van der Waals surface area (Å²) >= 11 is 0.0598. The van der Waals surface area contributed by atoms with Crippen LogP contribution in [0.1, 0.15) is 13.8 Å². The van der Waals surface area contributed by atoms with E-state index in [1.165, 1.54) is 0 Å². The molecule has 0 radical (unpaired) electrons. The molecule has 3 heteroatoms. The molecule has 0 aromatic heterocycles. The maximum atomic E-state index is 4.24. The second kappa shape index (κ2) is 3.83. The number of aliphatic imine (C=N–C) groups is 2. The average Bonchev–Trinajstić information content (AvgIpc) is 2.11. The fourth-order valence-corrected chi connectivity index (χ4v) is 1.88. The SMILES string of the molecule is C[I-]C1=CC(C)=NC(C)=C=N1. The zero-order chi connectivity index (χ0) is 8.27. The molecule has 2 nitrogen and oxygen atoms in total. The summed E-state index contributed by atoms with van der Waals surface area (Å²) in [5, 5.41) is 0. The van der Waals surface area contributed by atoms with Gasteiger partial charge in [-0.3, -0.25) is 0 Å². The molecule has 0 spiro atoms. The number of rotatable bonds is 1.